The Balaban J connectivity index is 1.78. The fraction of sp³-hybridized carbons (Fsp3) is 0.286. The minimum atomic E-state index is 0.571. The van der Waals surface area contributed by atoms with Crippen molar-refractivity contribution in [3.63, 3.8) is 0 Å². The van der Waals surface area contributed by atoms with Gasteiger partial charge in [-0.05, 0) is 22.9 Å². The third-order valence-electron chi connectivity index (χ3n) is 2.70. The van der Waals surface area contributed by atoms with Crippen LogP contribution in [0.2, 0.25) is 0 Å². The molecule has 1 atom stereocenters. The van der Waals surface area contributed by atoms with Crippen molar-refractivity contribution in [2.75, 3.05) is 6.54 Å². The lowest BCUT2D eigenvalue weighted by Crippen LogP contribution is -2.19. The summed E-state index contributed by atoms with van der Waals surface area (Å²) in [7, 11) is 0. The first-order valence-corrected chi connectivity index (χ1v) is 6.52. The lowest BCUT2D eigenvalue weighted by molar-refractivity contribution is 0.619. The molecule has 0 aliphatic heterocycles. The van der Waals surface area contributed by atoms with E-state index in [4.69, 9.17) is 0 Å². The number of hydrogen-bond donors (Lipinski definition) is 1. The molecular formula is C14H17NS. The Labute approximate surface area is 101 Å². The van der Waals surface area contributed by atoms with E-state index >= 15 is 0 Å². The van der Waals surface area contributed by atoms with Crippen LogP contribution in [0.3, 0.4) is 0 Å². The van der Waals surface area contributed by atoms with Gasteiger partial charge in [0.2, 0.25) is 0 Å². The van der Waals surface area contributed by atoms with Gasteiger partial charge in [-0.1, -0.05) is 43.3 Å². The van der Waals surface area contributed by atoms with E-state index in [1.807, 2.05) is 11.3 Å². The van der Waals surface area contributed by atoms with Crippen LogP contribution in [-0.4, -0.2) is 6.54 Å². The second-order valence-corrected chi connectivity index (χ2v) is 5.05. The van der Waals surface area contributed by atoms with E-state index in [0.29, 0.717) is 5.92 Å². The summed E-state index contributed by atoms with van der Waals surface area (Å²) < 4.78 is 0. The molecule has 1 aromatic heterocycles. The summed E-state index contributed by atoms with van der Waals surface area (Å²) in [6.45, 7) is 4.27. The second kappa shape index (κ2) is 5.83. The smallest absolute Gasteiger partial charge is 0.0299 e. The zero-order valence-corrected chi connectivity index (χ0v) is 10.3. The Kier molecular flexibility index (Phi) is 4.14. The van der Waals surface area contributed by atoms with E-state index in [-0.39, 0.29) is 0 Å². The summed E-state index contributed by atoms with van der Waals surface area (Å²) >= 11 is 1.81. The highest BCUT2D eigenvalue weighted by atomic mass is 32.1. The number of rotatable bonds is 5. The van der Waals surface area contributed by atoms with Gasteiger partial charge in [-0.15, -0.1) is 11.3 Å². The molecule has 0 aliphatic rings. The van der Waals surface area contributed by atoms with E-state index < -0.39 is 0 Å². The molecular weight excluding hydrogens is 214 g/mol. The van der Waals surface area contributed by atoms with Gasteiger partial charge in [0.05, 0.1) is 0 Å². The molecule has 0 bridgehead atoms. The first-order chi connectivity index (χ1) is 7.86. The Morgan fingerprint density at radius 1 is 1.12 bits per heavy atom. The third-order valence-corrected chi connectivity index (χ3v) is 3.57. The molecule has 2 heteroatoms. The molecule has 0 spiro atoms. The molecule has 2 aromatic rings. The van der Waals surface area contributed by atoms with Gasteiger partial charge in [0, 0.05) is 18.0 Å². The van der Waals surface area contributed by atoms with Crippen LogP contribution in [0.1, 0.15) is 23.3 Å². The maximum absolute atomic E-state index is 3.50. The summed E-state index contributed by atoms with van der Waals surface area (Å²) in [5.41, 5.74) is 1.40. The Morgan fingerprint density at radius 2 is 1.94 bits per heavy atom. The van der Waals surface area contributed by atoms with Crippen LogP contribution >= 0.6 is 11.3 Å². The van der Waals surface area contributed by atoms with Gasteiger partial charge in [-0.25, -0.2) is 0 Å². The van der Waals surface area contributed by atoms with Crippen molar-refractivity contribution in [3.05, 3.63) is 58.3 Å². The van der Waals surface area contributed by atoms with Crippen LogP contribution in [0.5, 0.6) is 0 Å². The lowest BCUT2D eigenvalue weighted by atomic mass is 10.0. The molecule has 0 aliphatic carbocycles. The van der Waals surface area contributed by atoms with Gasteiger partial charge in [0.25, 0.3) is 0 Å². The molecule has 0 amide bonds. The highest BCUT2D eigenvalue weighted by Gasteiger charge is 2.03. The van der Waals surface area contributed by atoms with Crippen LogP contribution in [0.15, 0.2) is 47.8 Å². The fourth-order valence-corrected chi connectivity index (χ4v) is 2.40. The zero-order chi connectivity index (χ0) is 11.2. The maximum Gasteiger partial charge on any atom is 0.0299 e. The quantitative estimate of drug-likeness (QED) is 0.828. The van der Waals surface area contributed by atoms with E-state index in [0.717, 1.165) is 13.1 Å². The van der Waals surface area contributed by atoms with E-state index in [1.165, 1.54) is 10.4 Å². The van der Waals surface area contributed by atoms with Crippen molar-refractivity contribution in [2.24, 2.45) is 0 Å². The maximum atomic E-state index is 3.50. The molecule has 1 N–H and O–H groups in total. The summed E-state index contributed by atoms with van der Waals surface area (Å²) in [6.07, 6.45) is 0. The van der Waals surface area contributed by atoms with Crippen molar-refractivity contribution < 1.29 is 0 Å². The molecule has 0 saturated carbocycles. The second-order valence-electron chi connectivity index (χ2n) is 4.02. The molecule has 0 saturated heterocycles. The van der Waals surface area contributed by atoms with Crippen molar-refractivity contribution in [1.82, 2.24) is 5.32 Å². The van der Waals surface area contributed by atoms with E-state index in [2.05, 4.69) is 60.1 Å². The van der Waals surface area contributed by atoms with Gasteiger partial charge in [-0.2, -0.15) is 0 Å². The van der Waals surface area contributed by atoms with Crippen LogP contribution in [0, 0.1) is 0 Å². The monoisotopic (exact) mass is 231 g/mol. The normalized spacial score (nSPS) is 12.6. The molecule has 1 aromatic carbocycles. The molecule has 2 rings (SSSR count). The van der Waals surface area contributed by atoms with Crippen molar-refractivity contribution in [2.45, 2.75) is 19.4 Å². The minimum Gasteiger partial charge on any atom is -0.311 e. The van der Waals surface area contributed by atoms with Crippen LogP contribution in [0.4, 0.5) is 0 Å². The van der Waals surface area contributed by atoms with Gasteiger partial charge >= 0.3 is 0 Å². The average Bonchev–Trinajstić information content (AvgIpc) is 2.83. The molecule has 1 heterocycles. The van der Waals surface area contributed by atoms with Gasteiger partial charge in [0.1, 0.15) is 0 Å². The van der Waals surface area contributed by atoms with Crippen LogP contribution in [-0.2, 0) is 6.54 Å². The van der Waals surface area contributed by atoms with E-state index in [1.54, 1.807) is 0 Å². The van der Waals surface area contributed by atoms with Crippen LogP contribution < -0.4 is 5.32 Å². The van der Waals surface area contributed by atoms with Gasteiger partial charge < -0.3 is 5.32 Å². The summed E-state index contributed by atoms with van der Waals surface area (Å²) in [6, 6.07) is 14.9. The minimum absolute atomic E-state index is 0.571. The zero-order valence-electron chi connectivity index (χ0n) is 9.52. The number of benzene rings is 1. The van der Waals surface area contributed by atoms with Gasteiger partial charge in [0.15, 0.2) is 0 Å². The molecule has 16 heavy (non-hydrogen) atoms. The fourth-order valence-electron chi connectivity index (χ4n) is 1.72. The Hall–Kier alpha value is -1.12. The molecule has 84 valence electrons. The summed E-state index contributed by atoms with van der Waals surface area (Å²) in [4.78, 5) is 1.40. The number of nitrogens with one attached hydrogen (secondary N) is 1. The number of hydrogen-bond acceptors (Lipinski definition) is 2. The summed E-state index contributed by atoms with van der Waals surface area (Å²) in [5, 5.41) is 5.62. The Morgan fingerprint density at radius 3 is 2.62 bits per heavy atom. The Bertz CT molecular complexity index is 394. The molecule has 0 fully saturated rings. The van der Waals surface area contributed by atoms with Crippen molar-refractivity contribution in [1.29, 1.82) is 0 Å². The van der Waals surface area contributed by atoms with Crippen molar-refractivity contribution in [3.8, 4) is 0 Å². The SMILES string of the molecule is C[C@@H](CNCc1cccs1)c1ccccc1. The number of thiophene rings is 1. The van der Waals surface area contributed by atoms with Gasteiger partial charge in [-0.3, -0.25) is 0 Å². The highest BCUT2D eigenvalue weighted by Crippen LogP contribution is 2.14. The average molecular weight is 231 g/mol. The summed E-state index contributed by atoms with van der Waals surface area (Å²) in [5.74, 6) is 0.571. The van der Waals surface area contributed by atoms with E-state index in [9.17, 15) is 0 Å². The predicted molar refractivity (Wildman–Crippen MR) is 70.9 cm³/mol. The molecule has 0 unspecified atom stereocenters. The third kappa shape index (κ3) is 3.19. The predicted octanol–water partition coefficient (Wildman–Crippen LogP) is 3.64. The largest absolute Gasteiger partial charge is 0.311 e. The lowest BCUT2D eigenvalue weighted by Gasteiger charge is -2.12. The first kappa shape index (κ1) is 11.4. The van der Waals surface area contributed by atoms with Crippen LogP contribution in [0.25, 0.3) is 0 Å². The topological polar surface area (TPSA) is 12.0 Å². The standard InChI is InChI=1S/C14H17NS/c1-12(13-6-3-2-4-7-13)10-15-11-14-8-5-9-16-14/h2-9,12,15H,10-11H2,1H3/t12-/m0/s1. The molecule has 1 nitrogen and oxygen atoms in total. The molecule has 0 radical (unpaired) electrons. The van der Waals surface area contributed by atoms with Crippen molar-refractivity contribution >= 4 is 11.3 Å². The highest BCUT2D eigenvalue weighted by molar-refractivity contribution is 7.09. The first-order valence-electron chi connectivity index (χ1n) is 5.64.